The zero-order chi connectivity index (χ0) is 32.4. The molecule has 45 heavy (non-hydrogen) atoms. The lowest BCUT2D eigenvalue weighted by Gasteiger charge is -2.27. The molecule has 1 aromatic carbocycles. The molecule has 3 atom stereocenters. The van der Waals surface area contributed by atoms with Gasteiger partial charge in [-0.2, -0.15) is 5.10 Å². The van der Waals surface area contributed by atoms with Crippen LogP contribution < -0.4 is 10.0 Å². The lowest BCUT2D eigenvalue weighted by molar-refractivity contribution is -0.138. The molecule has 2 aliphatic carbocycles. The van der Waals surface area contributed by atoms with E-state index in [2.05, 4.69) is 41.0 Å². The Morgan fingerprint density at radius 1 is 1.11 bits per heavy atom. The van der Waals surface area contributed by atoms with Gasteiger partial charge < -0.3 is 15.1 Å². The maximum absolute atomic E-state index is 14.1. The number of Topliss-reactive ketones (excluding diaryl/α,β-unsaturated/α-hetero) is 1. The van der Waals surface area contributed by atoms with Crippen LogP contribution in [0.2, 0.25) is 0 Å². The van der Waals surface area contributed by atoms with E-state index in [1.807, 2.05) is 27.1 Å². The molecule has 2 saturated carbocycles. The monoisotopic (exact) mass is 699 g/mol. The van der Waals surface area contributed by atoms with Crippen LogP contribution in [0.15, 0.2) is 34.9 Å². The number of nitrogens with zero attached hydrogens (tertiary/aromatic N) is 5. The van der Waals surface area contributed by atoms with Gasteiger partial charge in [-0.15, -0.1) is 0 Å². The maximum Gasteiger partial charge on any atom is 0.264 e. The molecule has 0 bridgehead atoms. The third kappa shape index (κ3) is 6.00. The van der Waals surface area contributed by atoms with Gasteiger partial charge in [0.25, 0.3) is 5.91 Å². The van der Waals surface area contributed by atoms with Gasteiger partial charge in [-0.3, -0.25) is 23.9 Å². The molecule has 0 spiro atoms. The lowest BCUT2D eigenvalue weighted by atomic mass is 9.98. The summed E-state index contributed by atoms with van der Waals surface area (Å²) in [6, 6.07) is 7.11. The molecule has 3 fully saturated rings. The number of anilines is 1. The van der Waals surface area contributed by atoms with Gasteiger partial charge in [0.05, 0.1) is 10.8 Å². The second kappa shape index (κ2) is 11.3. The number of aryl methyl sites for hydroxylation is 1. The highest BCUT2D eigenvalue weighted by molar-refractivity contribution is 9.10. The predicted octanol–water partition coefficient (Wildman–Crippen LogP) is 2.49. The van der Waals surface area contributed by atoms with Crippen LogP contribution in [0.5, 0.6) is 0 Å². The van der Waals surface area contributed by atoms with E-state index in [0.717, 1.165) is 12.0 Å². The largest absolute Gasteiger partial charge is 0.325 e. The summed E-state index contributed by atoms with van der Waals surface area (Å²) in [5, 5.41) is 7.18. The highest BCUT2D eigenvalue weighted by Gasteiger charge is 2.67. The number of halogens is 1. The van der Waals surface area contributed by atoms with E-state index in [0.29, 0.717) is 47.1 Å². The van der Waals surface area contributed by atoms with E-state index >= 15 is 0 Å². The van der Waals surface area contributed by atoms with E-state index in [4.69, 9.17) is 0 Å². The van der Waals surface area contributed by atoms with Crippen molar-refractivity contribution in [2.24, 2.45) is 5.41 Å². The summed E-state index contributed by atoms with van der Waals surface area (Å²) in [7, 11) is 0.139. The minimum absolute atomic E-state index is 0.0536. The van der Waals surface area contributed by atoms with E-state index in [-0.39, 0.29) is 46.9 Å². The summed E-state index contributed by atoms with van der Waals surface area (Å²) < 4.78 is 28.8. The summed E-state index contributed by atoms with van der Waals surface area (Å²) in [5.41, 5.74) is 1.05. The predicted molar refractivity (Wildman–Crippen MR) is 169 cm³/mol. The number of piperidine rings is 1. The van der Waals surface area contributed by atoms with Crippen molar-refractivity contribution in [3.63, 3.8) is 0 Å². The van der Waals surface area contributed by atoms with E-state index in [1.165, 1.54) is 29.8 Å². The zero-order valence-electron chi connectivity index (χ0n) is 25.3. The second-order valence-electron chi connectivity index (χ2n) is 12.6. The Balaban J connectivity index is 1.30. The lowest BCUT2D eigenvalue weighted by Crippen LogP contribution is -2.47. The standard InChI is InChI=1S/C30H34BrN7O6S/c1-16-5-10-24(31)32-27(16)33-29(42)22-12-30(15-36(3)4)13-23(30)38(22)25(40)14-37-21-11-18(6-9-20(21)26(34-37)17(2)39)28(41)35-45(43,44)19-7-8-19/h5-6,9-11,19,22-23H,7-8,12-15H2,1-4H3,(H,35,41)(H,32,33,42)/t22-,23-,30+/m0/s1. The molecule has 238 valence electrons. The average Bonchev–Trinajstić information content (AvgIpc) is 3.87. The third-order valence-corrected chi connectivity index (χ3v) is 11.0. The Bertz CT molecular complexity index is 1870. The molecule has 6 rings (SSSR count). The number of pyridine rings is 1. The maximum atomic E-state index is 14.1. The van der Waals surface area contributed by atoms with Crippen LogP contribution in [-0.4, -0.2) is 94.5 Å². The Kier molecular flexibility index (Phi) is 7.85. The number of ketones is 1. The number of nitrogens with one attached hydrogen (secondary N) is 2. The first-order valence-electron chi connectivity index (χ1n) is 14.7. The van der Waals surface area contributed by atoms with Crippen molar-refractivity contribution in [1.29, 1.82) is 0 Å². The Labute approximate surface area is 268 Å². The first-order chi connectivity index (χ1) is 21.2. The summed E-state index contributed by atoms with van der Waals surface area (Å²) in [6.07, 6.45) is 2.25. The fourth-order valence-electron chi connectivity index (χ4n) is 6.46. The number of hydrogen-bond donors (Lipinski definition) is 2. The van der Waals surface area contributed by atoms with Crippen LogP contribution in [0.3, 0.4) is 0 Å². The van der Waals surface area contributed by atoms with E-state index < -0.39 is 27.2 Å². The topological polar surface area (TPSA) is 164 Å². The van der Waals surface area contributed by atoms with Gasteiger partial charge in [0.2, 0.25) is 21.8 Å². The highest BCUT2D eigenvalue weighted by Crippen LogP contribution is 2.60. The number of carbonyl (C=O) groups excluding carboxylic acids is 4. The molecule has 0 unspecified atom stereocenters. The van der Waals surface area contributed by atoms with Gasteiger partial charge in [-0.25, -0.2) is 18.1 Å². The summed E-state index contributed by atoms with van der Waals surface area (Å²) in [4.78, 5) is 61.2. The van der Waals surface area contributed by atoms with Crippen LogP contribution in [0.1, 0.15) is 59.0 Å². The first-order valence-corrected chi connectivity index (χ1v) is 17.0. The number of benzene rings is 1. The molecule has 3 aromatic rings. The fraction of sp³-hybridized carbons (Fsp3) is 0.467. The van der Waals surface area contributed by atoms with Gasteiger partial charge in [-0.1, -0.05) is 6.07 Å². The number of rotatable bonds is 10. The Hall–Kier alpha value is -3.69. The van der Waals surface area contributed by atoms with Crippen molar-refractivity contribution in [2.45, 2.75) is 63.4 Å². The smallest absolute Gasteiger partial charge is 0.264 e. The molecule has 3 amide bonds. The molecule has 2 aromatic heterocycles. The van der Waals surface area contributed by atoms with Crippen molar-refractivity contribution in [3.8, 4) is 0 Å². The summed E-state index contributed by atoms with van der Waals surface area (Å²) >= 11 is 3.34. The van der Waals surface area contributed by atoms with Crippen LogP contribution in [0.4, 0.5) is 5.82 Å². The van der Waals surface area contributed by atoms with Crippen molar-refractivity contribution < 1.29 is 27.6 Å². The van der Waals surface area contributed by atoms with Crippen molar-refractivity contribution >= 4 is 66.2 Å². The minimum Gasteiger partial charge on any atom is -0.325 e. The van der Waals surface area contributed by atoms with Crippen LogP contribution >= 0.6 is 15.9 Å². The molecule has 3 heterocycles. The van der Waals surface area contributed by atoms with Crippen LogP contribution in [-0.2, 0) is 26.2 Å². The van der Waals surface area contributed by atoms with Gasteiger partial charge in [0.15, 0.2) is 5.78 Å². The number of carbonyl (C=O) groups is 4. The number of sulfonamides is 1. The SMILES string of the molecule is CC(=O)c1nn(CC(=O)N2[C@H]3C[C@@]3(CN(C)C)C[C@H]2C(=O)Nc2nc(Br)ccc2C)c2cc(C(=O)NS(=O)(=O)C3CC3)ccc12. The third-order valence-electron chi connectivity index (χ3n) is 8.77. The molecule has 1 saturated heterocycles. The summed E-state index contributed by atoms with van der Waals surface area (Å²) in [6.45, 7) is 3.61. The van der Waals surface area contributed by atoms with Crippen molar-refractivity contribution in [1.82, 2.24) is 29.3 Å². The number of aromatic nitrogens is 3. The van der Waals surface area contributed by atoms with Gasteiger partial charge in [0, 0.05) is 35.9 Å². The number of likely N-dealkylation sites (tertiary alicyclic amines) is 1. The van der Waals surface area contributed by atoms with Crippen LogP contribution in [0.25, 0.3) is 10.9 Å². The van der Waals surface area contributed by atoms with E-state index in [9.17, 15) is 27.6 Å². The second-order valence-corrected chi connectivity index (χ2v) is 15.4. The molecular formula is C30H34BrN7O6S. The number of fused-ring (bicyclic) bond motifs is 2. The Morgan fingerprint density at radius 2 is 1.84 bits per heavy atom. The number of hydrogen-bond acceptors (Lipinski definition) is 9. The molecule has 15 heteroatoms. The minimum atomic E-state index is -3.78. The summed E-state index contributed by atoms with van der Waals surface area (Å²) in [5.74, 6) is -1.42. The van der Waals surface area contributed by atoms with Gasteiger partial charge in [-0.05, 0) is 92.5 Å². The van der Waals surface area contributed by atoms with Gasteiger partial charge in [0.1, 0.15) is 28.7 Å². The molecule has 3 aliphatic rings. The quantitative estimate of drug-likeness (QED) is 0.239. The zero-order valence-corrected chi connectivity index (χ0v) is 27.7. The molecule has 0 radical (unpaired) electrons. The van der Waals surface area contributed by atoms with E-state index in [1.54, 1.807) is 11.0 Å². The number of amides is 3. The van der Waals surface area contributed by atoms with Crippen molar-refractivity contribution in [2.75, 3.05) is 26.0 Å². The average molecular weight is 701 g/mol. The fourth-order valence-corrected chi connectivity index (χ4v) is 8.07. The van der Waals surface area contributed by atoms with Gasteiger partial charge >= 0.3 is 0 Å². The highest BCUT2D eigenvalue weighted by atomic mass is 79.9. The van der Waals surface area contributed by atoms with Crippen molar-refractivity contribution in [3.05, 3.63) is 51.8 Å². The molecule has 13 nitrogen and oxygen atoms in total. The first kappa shape index (κ1) is 31.3. The Morgan fingerprint density at radius 3 is 2.51 bits per heavy atom. The van der Waals surface area contributed by atoms with Crippen LogP contribution in [0, 0.1) is 12.3 Å². The molecule has 2 N–H and O–H groups in total. The molecule has 1 aliphatic heterocycles. The molecular weight excluding hydrogens is 666 g/mol. The normalized spacial score (nSPS) is 22.4.